The predicted octanol–water partition coefficient (Wildman–Crippen LogP) is 2.68. The molecule has 0 aliphatic carbocycles. The van der Waals surface area contributed by atoms with E-state index in [1.54, 1.807) is 0 Å². The number of hydrogen-bond acceptors (Lipinski definition) is 4. The zero-order chi connectivity index (χ0) is 16.3. The molecule has 0 aliphatic heterocycles. The molecule has 5 nitrogen and oxygen atoms in total. The minimum atomic E-state index is -4.51. The molecule has 0 saturated heterocycles. The van der Waals surface area contributed by atoms with E-state index in [0.717, 1.165) is 12.4 Å². The van der Waals surface area contributed by atoms with Crippen molar-refractivity contribution in [2.45, 2.75) is 6.18 Å². The second-order valence-electron chi connectivity index (χ2n) is 4.55. The van der Waals surface area contributed by atoms with Crippen LogP contribution in [0.25, 0.3) is 11.3 Å². The predicted molar refractivity (Wildman–Crippen MR) is 73.4 cm³/mol. The van der Waals surface area contributed by atoms with Gasteiger partial charge in [0, 0.05) is 18.7 Å². The second-order valence-corrected chi connectivity index (χ2v) is 4.55. The van der Waals surface area contributed by atoms with Crippen LogP contribution in [-0.2, 0) is 11.0 Å². The van der Waals surface area contributed by atoms with Gasteiger partial charge in [-0.2, -0.15) is 13.2 Å². The highest BCUT2D eigenvalue weighted by molar-refractivity contribution is 5.74. The summed E-state index contributed by atoms with van der Waals surface area (Å²) in [4.78, 5) is 19.7. The summed E-state index contributed by atoms with van der Waals surface area (Å²) in [6.45, 7) is -0.322. The van der Waals surface area contributed by atoms with Gasteiger partial charge in [0.2, 0.25) is 0 Å². The van der Waals surface area contributed by atoms with Crippen molar-refractivity contribution in [3.05, 3.63) is 42.2 Å². The number of anilines is 1. The van der Waals surface area contributed by atoms with Crippen molar-refractivity contribution in [3.63, 3.8) is 0 Å². The Labute approximate surface area is 124 Å². The van der Waals surface area contributed by atoms with Crippen LogP contribution in [0.2, 0.25) is 0 Å². The van der Waals surface area contributed by atoms with E-state index in [9.17, 15) is 18.0 Å². The van der Waals surface area contributed by atoms with Gasteiger partial charge in [-0.25, -0.2) is 9.97 Å². The van der Waals surface area contributed by atoms with Gasteiger partial charge in [0.25, 0.3) is 0 Å². The summed E-state index contributed by atoms with van der Waals surface area (Å²) >= 11 is 0. The molecule has 0 aliphatic rings. The smallest absolute Gasteiger partial charge is 0.417 e. The number of rotatable bonds is 4. The van der Waals surface area contributed by atoms with Crippen LogP contribution in [0.1, 0.15) is 5.56 Å². The van der Waals surface area contributed by atoms with Crippen molar-refractivity contribution in [1.82, 2.24) is 9.97 Å². The molecule has 1 N–H and O–H groups in total. The van der Waals surface area contributed by atoms with Gasteiger partial charge in [0.1, 0.15) is 18.7 Å². The van der Waals surface area contributed by atoms with E-state index in [0.29, 0.717) is 0 Å². The van der Waals surface area contributed by atoms with Crippen LogP contribution < -0.4 is 4.90 Å². The van der Waals surface area contributed by atoms with E-state index < -0.39 is 17.7 Å². The number of alkyl halides is 3. The molecule has 22 heavy (non-hydrogen) atoms. The van der Waals surface area contributed by atoms with Gasteiger partial charge < -0.3 is 10.0 Å². The van der Waals surface area contributed by atoms with Gasteiger partial charge in [-0.15, -0.1) is 0 Å². The van der Waals surface area contributed by atoms with Gasteiger partial charge in [0.15, 0.2) is 0 Å². The lowest BCUT2D eigenvalue weighted by Gasteiger charge is -2.17. The minimum absolute atomic E-state index is 0.0789. The van der Waals surface area contributed by atoms with Gasteiger partial charge in [0.05, 0.1) is 11.3 Å². The summed E-state index contributed by atoms with van der Waals surface area (Å²) in [6, 6.07) is 6.38. The first-order valence-electron chi connectivity index (χ1n) is 6.20. The monoisotopic (exact) mass is 311 g/mol. The molecule has 8 heteroatoms. The first kappa shape index (κ1) is 15.7. The number of carbonyl (C=O) groups is 1. The third kappa shape index (κ3) is 3.51. The maximum absolute atomic E-state index is 13.0. The Balaban J connectivity index is 2.45. The molecule has 1 aromatic carbocycles. The summed E-state index contributed by atoms with van der Waals surface area (Å²) in [5.74, 6) is -0.845. The molecule has 0 saturated carbocycles. The second kappa shape index (κ2) is 6.00. The molecule has 2 rings (SSSR count). The maximum Gasteiger partial charge on any atom is 0.417 e. The molecular formula is C14H12F3N3O2. The summed E-state index contributed by atoms with van der Waals surface area (Å²) in [5, 5.41) is 8.75. The van der Waals surface area contributed by atoms with E-state index in [-0.39, 0.29) is 23.6 Å². The molecule has 116 valence electrons. The largest absolute Gasteiger partial charge is 0.480 e. The van der Waals surface area contributed by atoms with E-state index in [1.165, 1.54) is 36.2 Å². The zero-order valence-electron chi connectivity index (χ0n) is 11.5. The number of aromatic nitrogens is 2. The van der Waals surface area contributed by atoms with E-state index in [1.807, 2.05) is 0 Å². The number of nitrogens with zero attached hydrogens (tertiary/aromatic N) is 3. The molecule has 0 bridgehead atoms. The van der Waals surface area contributed by atoms with E-state index in [2.05, 4.69) is 9.97 Å². The Morgan fingerprint density at radius 2 is 1.95 bits per heavy atom. The van der Waals surface area contributed by atoms with Crippen LogP contribution in [0.3, 0.4) is 0 Å². The van der Waals surface area contributed by atoms with E-state index in [4.69, 9.17) is 5.11 Å². The fourth-order valence-electron chi connectivity index (χ4n) is 1.94. The van der Waals surface area contributed by atoms with Gasteiger partial charge in [-0.1, -0.05) is 18.2 Å². The van der Waals surface area contributed by atoms with Crippen molar-refractivity contribution in [2.24, 2.45) is 0 Å². The zero-order valence-corrected chi connectivity index (χ0v) is 11.5. The standard InChI is InChI=1S/C14H12F3N3O2/c1-20(7-13(21)22)12-6-11(18-8-19-12)9-4-2-3-5-10(9)14(15,16)17/h2-6,8H,7H2,1H3,(H,21,22). The molecule has 1 aromatic heterocycles. The van der Waals surface area contributed by atoms with Gasteiger partial charge >= 0.3 is 12.1 Å². The Bertz CT molecular complexity index is 689. The topological polar surface area (TPSA) is 66.3 Å². The summed E-state index contributed by atoms with van der Waals surface area (Å²) in [6.07, 6.45) is -3.40. The summed E-state index contributed by atoms with van der Waals surface area (Å²) < 4.78 is 39.1. The number of likely N-dealkylation sites (N-methyl/N-ethyl adjacent to an activating group) is 1. The minimum Gasteiger partial charge on any atom is -0.480 e. The van der Waals surface area contributed by atoms with Crippen LogP contribution in [0.5, 0.6) is 0 Å². The average molecular weight is 311 g/mol. The van der Waals surface area contributed by atoms with Crippen molar-refractivity contribution in [3.8, 4) is 11.3 Å². The Hall–Kier alpha value is -2.64. The van der Waals surface area contributed by atoms with Crippen LogP contribution in [0.15, 0.2) is 36.7 Å². The number of benzene rings is 1. The third-order valence-corrected chi connectivity index (χ3v) is 2.92. The van der Waals surface area contributed by atoms with Crippen LogP contribution in [-0.4, -0.2) is 34.6 Å². The van der Waals surface area contributed by atoms with Crippen LogP contribution >= 0.6 is 0 Å². The van der Waals surface area contributed by atoms with Crippen LogP contribution in [0.4, 0.5) is 19.0 Å². The molecule has 0 fully saturated rings. The molecule has 2 aromatic rings. The Morgan fingerprint density at radius 1 is 1.27 bits per heavy atom. The van der Waals surface area contributed by atoms with Crippen molar-refractivity contribution in [2.75, 3.05) is 18.5 Å². The quantitative estimate of drug-likeness (QED) is 0.940. The number of hydrogen-bond donors (Lipinski definition) is 1. The third-order valence-electron chi connectivity index (χ3n) is 2.92. The first-order chi connectivity index (χ1) is 10.3. The lowest BCUT2D eigenvalue weighted by atomic mass is 10.0. The number of aliphatic carboxylic acids is 1. The van der Waals surface area contributed by atoms with E-state index >= 15 is 0 Å². The molecule has 0 radical (unpaired) electrons. The molecule has 0 unspecified atom stereocenters. The SMILES string of the molecule is CN(CC(=O)O)c1cc(-c2ccccc2C(F)(F)F)ncn1. The molecule has 0 spiro atoms. The highest BCUT2D eigenvalue weighted by Crippen LogP contribution is 2.36. The molecule has 1 heterocycles. The highest BCUT2D eigenvalue weighted by atomic mass is 19.4. The summed E-state index contributed by atoms with van der Waals surface area (Å²) in [7, 11) is 1.48. The van der Waals surface area contributed by atoms with Gasteiger partial charge in [-0.3, -0.25) is 4.79 Å². The van der Waals surface area contributed by atoms with Crippen LogP contribution in [0, 0.1) is 0 Å². The maximum atomic E-state index is 13.0. The van der Waals surface area contributed by atoms with Crippen molar-refractivity contribution >= 4 is 11.8 Å². The fourth-order valence-corrected chi connectivity index (χ4v) is 1.94. The Morgan fingerprint density at radius 3 is 2.59 bits per heavy atom. The van der Waals surface area contributed by atoms with Crippen molar-refractivity contribution in [1.29, 1.82) is 0 Å². The summed E-state index contributed by atoms with van der Waals surface area (Å²) in [5.41, 5.74) is -0.807. The highest BCUT2D eigenvalue weighted by Gasteiger charge is 2.33. The van der Waals surface area contributed by atoms with Crippen molar-refractivity contribution < 1.29 is 23.1 Å². The number of carboxylic acids is 1. The first-order valence-corrected chi connectivity index (χ1v) is 6.20. The van der Waals surface area contributed by atoms with Gasteiger partial charge in [-0.05, 0) is 6.07 Å². The number of halogens is 3. The Kier molecular flexibility index (Phi) is 4.30. The fraction of sp³-hybridized carbons (Fsp3) is 0.214. The number of carboxylic acid groups (broad SMARTS) is 1. The lowest BCUT2D eigenvalue weighted by Crippen LogP contribution is -2.26. The lowest BCUT2D eigenvalue weighted by molar-refractivity contribution is -0.137. The average Bonchev–Trinajstić information content (AvgIpc) is 2.46. The normalized spacial score (nSPS) is 11.3. The molecule has 0 atom stereocenters. The molecule has 0 amide bonds. The molecular weight excluding hydrogens is 299 g/mol.